The van der Waals surface area contributed by atoms with Crippen molar-refractivity contribution < 1.29 is 14.3 Å². The number of ketones is 1. The van der Waals surface area contributed by atoms with Gasteiger partial charge in [-0.15, -0.1) is 11.6 Å². The first-order valence-corrected chi connectivity index (χ1v) is 4.93. The third kappa shape index (κ3) is 6.58. The van der Waals surface area contributed by atoms with Crippen LogP contribution in [0.1, 0.15) is 32.1 Å². The van der Waals surface area contributed by atoms with Crippen molar-refractivity contribution in [1.82, 2.24) is 0 Å². The molecule has 0 rings (SSSR count). The number of hydrogen-bond donors (Lipinski definition) is 0. The Hall–Kier alpha value is -0.570. The van der Waals surface area contributed by atoms with E-state index in [0.29, 0.717) is 5.88 Å². The predicted molar refractivity (Wildman–Crippen MR) is 50.8 cm³/mol. The van der Waals surface area contributed by atoms with Crippen molar-refractivity contribution in [2.24, 2.45) is 0 Å². The number of methoxy groups -OCH3 is 1. The molecule has 76 valence electrons. The summed E-state index contributed by atoms with van der Waals surface area (Å²) in [7, 11) is 1.22. The fraction of sp³-hybridized carbons (Fsp3) is 0.778. The Bertz CT molecular complexity index is 168. The molecule has 0 aliphatic rings. The summed E-state index contributed by atoms with van der Waals surface area (Å²) in [6, 6.07) is 0. The minimum absolute atomic E-state index is 0.287. The summed E-state index contributed by atoms with van der Waals surface area (Å²) in [5.41, 5.74) is 0. The molecule has 0 radical (unpaired) electrons. The highest BCUT2D eigenvalue weighted by atomic mass is 35.5. The summed E-state index contributed by atoms with van der Waals surface area (Å²) in [5.74, 6) is -0.518. The Labute approximate surface area is 83.4 Å². The number of carbonyl (C=O) groups is 2. The van der Waals surface area contributed by atoms with Crippen LogP contribution in [-0.2, 0) is 14.3 Å². The zero-order chi connectivity index (χ0) is 10.1. The monoisotopic (exact) mass is 206 g/mol. The van der Waals surface area contributed by atoms with E-state index < -0.39 is 11.8 Å². The molecule has 0 saturated heterocycles. The van der Waals surface area contributed by atoms with Crippen molar-refractivity contribution in [3.63, 3.8) is 0 Å². The van der Waals surface area contributed by atoms with E-state index in [4.69, 9.17) is 11.6 Å². The molecule has 0 saturated carbocycles. The van der Waals surface area contributed by atoms with Crippen LogP contribution in [0.3, 0.4) is 0 Å². The number of hydrogen-bond acceptors (Lipinski definition) is 3. The number of unbranched alkanes of at least 4 members (excludes halogenated alkanes) is 3. The molecular formula is C9H15ClO3. The van der Waals surface area contributed by atoms with Crippen LogP contribution in [0.2, 0.25) is 0 Å². The maximum Gasteiger partial charge on any atom is 0.374 e. The number of Topliss-reactive ketones (excluding diaryl/α,β-unsaturated/α-hetero) is 1. The van der Waals surface area contributed by atoms with Crippen LogP contribution in [0.15, 0.2) is 0 Å². The molecule has 0 aliphatic heterocycles. The van der Waals surface area contributed by atoms with Crippen molar-refractivity contribution in [2.45, 2.75) is 32.1 Å². The molecule has 0 fully saturated rings. The average Bonchev–Trinajstić information content (AvgIpc) is 2.16. The number of ether oxygens (including phenoxy) is 1. The second-order valence-electron chi connectivity index (χ2n) is 2.77. The summed E-state index contributed by atoms with van der Waals surface area (Å²) < 4.78 is 4.28. The van der Waals surface area contributed by atoms with Gasteiger partial charge in [0.1, 0.15) is 0 Å². The molecule has 0 aromatic carbocycles. The second-order valence-corrected chi connectivity index (χ2v) is 3.15. The molecule has 13 heavy (non-hydrogen) atoms. The molecule has 0 unspecified atom stereocenters. The number of halogens is 1. The van der Waals surface area contributed by atoms with E-state index in [1.165, 1.54) is 7.11 Å². The van der Waals surface area contributed by atoms with Crippen LogP contribution in [0.5, 0.6) is 0 Å². The molecule has 0 bridgehead atoms. The van der Waals surface area contributed by atoms with Crippen LogP contribution in [0, 0.1) is 0 Å². The van der Waals surface area contributed by atoms with Crippen molar-refractivity contribution in [1.29, 1.82) is 0 Å². The van der Waals surface area contributed by atoms with Crippen LogP contribution in [-0.4, -0.2) is 24.7 Å². The number of rotatable bonds is 7. The summed E-state index contributed by atoms with van der Waals surface area (Å²) >= 11 is 5.47. The van der Waals surface area contributed by atoms with Crippen molar-refractivity contribution in [3.05, 3.63) is 0 Å². The van der Waals surface area contributed by atoms with Crippen molar-refractivity contribution in [3.8, 4) is 0 Å². The first-order chi connectivity index (χ1) is 6.22. The topological polar surface area (TPSA) is 43.4 Å². The molecule has 0 aromatic rings. The Kier molecular flexibility index (Phi) is 7.69. The van der Waals surface area contributed by atoms with Crippen molar-refractivity contribution >= 4 is 23.4 Å². The van der Waals surface area contributed by atoms with Gasteiger partial charge in [0.2, 0.25) is 5.78 Å². The number of carbonyl (C=O) groups excluding carboxylic acids is 2. The maximum atomic E-state index is 10.9. The predicted octanol–water partition coefficient (Wildman–Crippen LogP) is 1.92. The molecule has 3 nitrogen and oxygen atoms in total. The van der Waals surface area contributed by atoms with E-state index in [1.54, 1.807) is 0 Å². The lowest BCUT2D eigenvalue weighted by Gasteiger charge is -1.98. The van der Waals surface area contributed by atoms with Gasteiger partial charge in [-0.25, -0.2) is 4.79 Å². The molecule has 0 N–H and O–H groups in total. The van der Waals surface area contributed by atoms with Gasteiger partial charge in [0.25, 0.3) is 0 Å². The third-order valence-electron chi connectivity index (χ3n) is 1.70. The minimum Gasteiger partial charge on any atom is -0.463 e. The lowest BCUT2D eigenvalue weighted by Crippen LogP contribution is -2.14. The number of alkyl halides is 1. The van der Waals surface area contributed by atoms with Gasteiger partial charge in [0.05, 0.1) is 7.11 Å². The summed E-state index contributed by atoms with van der Waals surface area (Å²) in [4.78, 5) is 21.5. The van der Waals surface area contributed by atoms with Gasteiger partial charge in [0.15, 0.2) is 0 Å². The molecule has 0 aromatic heterocycles. The summed E-state index contributed by atoms with van der Waals surface area (Å²) in [6.07, 6.45) is 3.95. The zero-order valence-corrected chi connectivity index (χ0v) is 8.60. The lowest BCUT2D eigenvalue weighted by atomic mass is 10.1. The molecule has 0 atom stereocenters. The first kappa shape index (κ1) is 12.4. The van der Waals surface area contributed by atoms with Crippen LogP contribution in [0.25, 0.3) is 0 Å². The van der Waals surface area contributed by atoms with E-state index in [2.05, 4.69) is 4.74 Å². The molecule has 0 amide bonds. The smallest absolute Gasteiger partial charge is 0.374 e. The highest BCUT2D eigenvalue weighted by molar-refractivity contribution is 6.33. The molecule has 0 heterocycles. The molecular weight excluding hydrogens is 192 g/mol. The normalized spacial score (nSPS) is 9.69. The second kappa shape index (κ2) is 8.05. The Balaban J connectivity index is 3.32. The molecule has 0 spiro atoms. The minimum atomic E-state index is -0.739. The standard InChI is InChI=1S/C9H15ClO3/c1-13-9(12)8(11)6-4-2-3-5-7-10/h2-7H2,1H3. The van der Waals surface area contributed by atoms with Gasteiger partial charge in [-0.05, 0) is 12.8 Å². The van der Waals surface area contributed by atoms with E-state index in [0.717, 1.165) is 25.7 Å². The largest absolute Gasteiger partial charge is 0.463 e. The third-order valence-corrected chi connectivity index (χ3v) is 1.97. The van der Waals surface area contributed by atoms with Crippen molar-refractivity contribution in [2.75, 3.05) is 13.0 Å². The fourth-order valence-electron chi connectivity index (χ4n) is 0.949. The maximum absolute atomic E-state index is 10.9. The average molecular weight is 207 g/mol. The van der Waals surface area contributed by atoms with Gasteiger partial charge in [-0.2, -0.15) is 0 Å². The molecule has 4 heteroatoms. The van der Waals surface area contributed by atoms with Crippen LogP contribution >= 0.6 is 11.6 Å². The highest BCUT2D eigenvalue weighted by Gasteiger charge is 2.12. The van der Waals surface area contributed by atoms with E-state index in [-0.39, 0.29) is 6.42 Å². The quantitative estimate of drug-likeness (QED) is 0.277. The van der Waals surface area contributed by atoms with Gasteiger partial charge in [0, 0.05) is 12.3 Å². The first-order valence-electron chi connectivity index (χ1n) is 4.39. The highest BCUT2D eigenvalue weighted by Crippen LogP contribution is 2.04. The molecule has 0 aliphatic carbocycles. The van der Waals surface area contributed by atoms with E-state index in [1.807, 2.05) is 0 Å². The summed E-state index contributed by atoms with van der Waals surface area (Å²) in [6.45, 7) is 0. The van der Waals surface area contributed by atoms with Gasteiger partial charge in [-0.1, -0.05) is 12.8 Å². The SMILES string of the molecule is COC(=O)C(=O)CCCCCCCl. The van der Waals surface area contributed by atoms with Gasteiger partial charge < -0.3 is 4.74 Å². The van der Waals surface area contributed by atoms with Gasteiger partial charge in [-0.3, -0.25) is 4.79 Å². The fourth-order valence-corrected chi connectivity index (χ4v) is 1.14. The Morgan fingerprint density at radius 1 is 1.15 bits per heavy atom. The zero-order valence-electron chi connectivity index (χ0n) is 7.85. The summed E-state index contributed by atoms with van der Waals surface area (Å²) in [5, 5.41) is 0. The van der Waals surface area contributed by atoms with E-state index in [9.17, 15) is 9.59 Å². The Morgan fingerprint density at radius 3 is 2.31 bits per heavy atom. The number of esters is 1. The van der Waals surface area contributed by atoms with Crippen LogP contribution in [0.4, 0.5) is 0 Å². The lowest BCUT2D eigenvalue weighted by molar-refractivity contribution is -0.151. The van der Waals surface area contributed by atoms with E-state index >= 15 is 0 Å². The van der Waals surface area contributed by atoms with Crippen LogP contribution < -0.4 is 0 Å². The van der Waals surface area contributed by atoms with Gasteiger partial charge >= 0.3 is 5.97 Å². The Morgan fingerprint density at radius 2 is 1.77 bits per heavy atom.